The zero-order valence-corrected chi connectivity index (χ0v) is 16.5. The highest BCUT2D eigenvalue weighted by atomic mass is 35.5. The van der Waals surface area contributed by atoms with Gasteiger partial charge in [-0.2, -0.15) is 0 Å². The molecule has 9 heteroatoms. The largest absolute Gasteiger partial charge is 0.755 e. The van der Waals surface area contributed by atoms with Gasteiger partial charge in [-0.1, -0.05) is 29.8 Å². The molecular weight excluding hydrogens is 402 g/mol. The Labute approximate surface area is 169 Å². The van der Waals surface area contributed by atoms with E-state index in [4.69, 9.17) is 16.3 Å². The monoisotopic (exact) mass is 418 g/mol. The summed E-state index contributed by atoms with van der Waals surface area (Å²) >= 11 is 3.30. The van der Waals surface area contributed by atoms with Crippen LogP contribution in [-0.2, 0) is 27.2 Å². The van der Waals surface area contributed by atoms with Crippen molar-refractivity contribution < 1.29 is 18.3 Å². The molecule has 1 heterocycles. The van der Waals surface area contributed by atoms with E-state index in [0.717, 1.165) is 15.6 Å². The summed E-state index contributed by atoms with van der Waals surface area (Å²) in [6, 6.07) is 13.8. The smallest absolute Gasteiger partial charge is 0.305 e. The Bertz CT molecular complexity index is 991. The van der Waals surface area contributed by atoms with E-state index in [-0.39, 0.29) is 18.3 Å². The topological polar surface area (TPSA) is 87.5 Å². The molecule has 3 rings (SSSR count). The first-order valence-electron chi connectivity index (χ1n) is 8.34. The molecule has 0 saturated carbocycles. The maximum absolute atomic E-state index is 12.0. The van der Waals surface area contributed by atoms with Gasteiger partial charge in [0.25, 0.3) is 0 Å². The molecule has 0 aliphatic carbocycles. The van der Waals surface area contributed by atoms with Crippen molar-refractivity contribution in [2.24, 2.45) is 0 Å². The fourth-order valence-electron chi connectivity index (χ4n) is 2.77. The zero-order valence-electron chi connectivity index (χ0n) is 14.9. The number of benzene rings is 2. The van der Waals surface area contributed by atoms with Gasteiger partial charge in [0.05, 0.1) is 29.8 Å². The minimum Gasteiger partial charge on any atom is -0.755 e. The summed E-state index contributed by atoms with van der Waals surface area (Å²) < 4.78 is 31.4. The average Bonchev–Trinajstić information content (AvgIpc) is 3.16. The molecule has 146 valence electrons. The van der Waals surface area contributed by atoms with Crippen LogP contribution in [0.2, 0.25) is 5.02 Å². The number of nitrogens with zero attached hydrogens (tertiary/aromatic N) is 3. The van der Waals surface area contributed by atoms with Crippen molar-refractivity contribution >= 4 is 40.5 Å². The fraction of sp³-hybridized carbons (Fsp3) is 0.158. The molecular formula is C19H17ClN3O4S-. The van der Waals surface area contributed by atoms with E-state index >= 15 is 0 Å². The highest BCUT2D eigenvalue weighted by Gasteiger charge is 2.18. The lowest BCUT2D eigenvalue weighted by Gasteiger charge is -2.26. The molecule has 2 aromatic carbocycles. The number of methoxy groups -OCH3 is 1. The molecule has 28 heavy (non-hydrogen) atoms. The van der Waals surface area contributed by atoms with Crippen molar-refractivity contribution in [3.63, 3.8) is 0 Å². The number of carbonyl (C=O) groups is 1. The molecule has 0 radical (unpaired) electrons. The lowest BCUT2D eigenvalue weighted by atomic mass is 10.1. The van der Waals surface area contributed by atoms with Gasteiger partial charge in [0, 0.05) is 23.8 Å². The molecule has 0 bridgehead atoms. The summed E-state index contributed by atoms with van der Waals surface area (Å²) in [5.74, 6) is -0.120. The van der Waals surface area contributed by atoms with Gasteiger partial charge in [-0.05, 0) is 42.3 Å². The first-order chi connectivity index (χ1) is 13.5. The number of aromatic nitrogens is 2. The summed E-state index contributed by atoms with van der Waals surface area (Å²) in [4.78, 5) is 15.8. The molecule has 0 amide bonds. The minimum atomic E-state index is -2.61. The standard InChI is InChI=1S/C19H18ClN3O4S/c1-27-18(24)11-6-14-4-2-3-5-17(14)22-13-12-21-19(22)23(28(25)26)16-9-7-15(20)8-10-16/h2-5,7-10,12-13H,6,11H2,1H3,(H,25,26)/p-1. The van der Waals surface area contributed by atoms with E-state index in [0.29, 0.717) is 17.1 Å². The van der Waals surface area contributed by atoms with Crippen LogP contribution in [0.4, 0.5) is 11.6 Å². The van der Waals surface area contributed by atoms with Crippen LogP contribution < -0.4 is 4.31 Å². The Morgan fingerprint density at radius 3 is 2.64 bits per heavy atom. The maximum Gasteiger partial charge on any atom is 0.305 e. The first-order valence-corrected chi connectivity index (χ1v) is 9.75. The summed E-state index contributed by atoms with van der Waals surface area (Å²) in [6.07, 6.45) is 3.85. The quantitative estimate of drug-likeness (QED) is 0.432. The van der Waals surface area contributed by atoms with Crippen LogP contribution in [0.5, 0.6) is 0 Å². The fourth-order valence-corrected chi connectivity index (χ4v) is 3.46. The van der Waals surface area contributed by atoms with Crippen LogP contribution in [0.25, 0.3) is 5.69 Å². The highest BCUT2D eigenvalue weighted by Crippen LogP contribution is 2.30. The molecule has 1 aromatic heterocycles. The van der Waals surface area contributed by atoms with Gasteiger partial charge in [-0.3, -0.25) is 13.6 Å². The number of carbonyl (C=O) groups excluding carboxylic acids is 1. The highest BCUT2D eigenvalue weighted by molar-refractivity contribution is 7.81. The van der Waals surface area contributed by atoms with Gasteiger partial charge in [0.15, 0.2) is 0 Å². The molecule has 1 atom stereocenters. The molecule has 0 N–H and O–H groups in total. The van der Waals surface area contributed by atoms with Crippen molar-refractivity contribution in [3.05, 3.63) is 71.5 Å². The van der Waals surface area contributed by atoms with Gasteiger partial charge >= 0.3 is 5.97 Å². The van der Waals surface area contributed by atoms with Gasteiger partial charge < -0.3 is 9.29 Å². The van der Waals surface area contributed by atoms with E-state index in [2.05, 4.69) is 4.98 Å². The number of aryl methyl sites for hydroxylation is 1. The molecule has 7 nitrogen and oxygen atoms in total. The molecule has 0 aliphatic rings. The second kappa shape index (κ2) is 9.01. The van der Waals surface area contributed by atoms with Crippen molar-refractivity contribution in [1.29, 1.82) is 0 Å². The van der Waals surface area contributed by atoms with E-state index in [1.165, 1.54) is 13.3 Å². The summed E-state index contributed by atoms with van der Waals surface area (Å²) in [5.41, 5.74) is 1.99. The molecule has 0 spiro atoms. The zero-order chi connectivity index (χ0) is 20.1. The van der Waals surface area contributed by atoms with Crippen LogP contribution >= 0.6 is 11.6 Å². The third-order valence-corrected chi connectivity index (χ3v) is 5.01. The molecule has 0 fully saturated rings. The Kier molecular flexibility index (Phi) is 6.45. The molecule has 0 aliphatic heterocycles. The lowest BCUT2D eigenvalue weighted by molar-refractivity contribution is -0.140. The number of hydrogen-bond acceptors (Lipinski definition) is 5. The third kappa shape index (κ3) is 4.41. The van der Waals surface area contributed by atoms with E-state index in [1.807, 2.05) is 24.3 Å². The number of ether oxygens (including phenoxy) is 1. The minimum absolute atomic E-state index is 0.196. The number of halogens is 1. The lowest BCUT2D eigenvalue weighted by Crippen LogP contribution is -2.23. The average molecular weight is 419 g/mol. The SMILES string of the molecule is COC(=O)CCc1ccccc1-n1ccnc1N(c1ccc(Cl)cc1)S(=O)[O-]. The maximum atomic E-state index is 12.0. The Morgan fingerprint density at radius 2 is 1.96 bits per heavy atom. The van der Waals surface area contributed by atoms with E-state index in [1.54, 1.807) is 35.0 Å². The van der Waals surface area contributed by atoms with E-state index < -0.39 is 11.3 Å². The second-order valence-electron chi connectivity index (χ2n) is 5.79. The summed E-state index contributed by atoms with van der Waals surface area (Å²) in [5, 5.41) is 0.497. The molecule has 3 aromatic rings. The Hall–Kier alpha value is -2.68. The number of esters is 1. The third-order valence-electron chi connectivity index (χ3n) is 4.09. The first kappa shape index (κ1) is 20.1. The van der Waals surface area contributed by atoms with Crippen LogP contribution in [0, 0.1) is 0 Å². The Balaban J connectivity index is 2.02. The Morgan fingerprint density at radius 1 is 1.25 bits per heavy atom. The second-order valence-corrected chi connectivity index (χ2v) is 7.03. The number of anilines is 2. The van der Waals surface area contributed by atoms with Gasteiger partial charge in [0.1, 0.15) is 0 Å². The van der Waals surface area contributed by atoms with Gasteiger partial charge in [-0.15, -0.1) is 0 Å². The van der Waals surface area contributed by atoms with Crippen molar-refractivity contribution in [2.45, 2.75) is 12.8 Å². The van der Waals surface area contributed by atoms with Crippen molar-refractivity contribution in [1.82, 2.24) is 9.55 Å². The van der Waals surface area contributed by atoms with Crippen LogP contribution in [0.1, 0.15) is 12.0 Å². The number of para-hydroxylation sites is 1. The summed E-state index contributed by atoms with van der Waals surface area (Å²) in [6.45, 7) is 0. The van der Waals surface area contributed by atoms with E-state index in [9.17, 15) is 13.6 Å². The van der Waals surface area contributed by atoms with Gasteiger partial charge in [-0.25, -0.2) is 9.29 Å². The van der Waals surface area contributed by atoms with Crippen molar-refractivity contribution in [2.75, 3.05) is 11.4 Å². The summed E-state index contributed by atoms with van der Waals surface area (Å²) in [7, 11) is 1.34. The van der Waals surface area contributed by atoms with Gasteiger partial charge in [0.2, 0.25) is 5.95 Å². The van der Waals surface area contributed by atoms with Crippen LogP contribution in [0.15, 0.2) is 60.9 Å². The predicted octanol–water partition coefficient (Wildman–Crippen LogP) is 3.56. The van der Waals surface area contributed by atoms with Crippen LogP contribution in [-0.4, -0.2) is 31.4 Å². The number of imidazole rings is 1. The van der Waals surface area contributed by atoms with Crippen LogP contribution in [0.3, 0.4) is 0 Å². The molecule has 0 saturated heterocycles. The number of rotatable bonds is 7. The number of hydrogen-bond donors (Lipinski definition) is 0. The van der Waals surface area contributed by atoms with Crippen molar-refractivity contribution in [3.8, 4) is 5.69 Å². The normalized spacial score (nSPS) is 11.8. The molecule has 1 unspecified atom stereocenters. The predicted molar refractivity (Wildman–Crippen MR) is 106 cm³/mol.